The van der Waals surface area contributed by atoms with E-state index in [0.717, 1.165) is 52.1 Å². The van der Waals surface area contributed by atoms with Crippen LogP contribution >= 0.6 is 0 Å². The van der Waals surface area contributed by atoms with E-state index in [-0.39, 0.29) is 5.41 Å². The molecule has 0 saturated heterocycles. The number of allylic oxidation sites excluding steroid dienone is 1. The van der Waals surface area contributed by atoms with Crippen LogP contribution in [0.5, 0.6) is 0 Å². The van der Waals surface area contributed by atoms with Crippen molar-refractivity contribution in [3.63, 3.8) is 0 Å². The van der Waals surface area contributed by atoms with Gasteiger partial charge in [0.15, 0.2) is 6.29 Å². The maximum absolute atomic E-state index is 11.4. The molecule has 0 spiro atoms. The van der Waals surface area contributed by atoms with Gasteiger partial charge in [0, 0.05) is 23.1 Å². The molecule has 1 aliphatic heterocycles. The molecule has 0 radical (unpaired) electrons. The van der Waals surface area contributed by atoms with Crippen molar-refractivity contribution in [2.24, 2.45) is 10.4 Å². The number of nitrogens with zero attached hydrogens (tertiary/aromatic N) is 1. The number of rotatable bonds is 3. The Hall–Kier alpha value is -2.42. The highest BCUT2D eigenvalue weighted by atomic mass is 16.1. The zero-order chi connectivity index (χ0) is 17.5. The lowest BCUT2D eigenvalue weighted by Crippen LogP contribution is -2.15. The maximum Gasteiger partial charge on any atom is 0.166 e. The lowest BCUT2D eigenvalue weighted by Gasteiger charge is -2.17. The van der Waals surface area contributed by atoms with Gasteiger partial charge in [-0.1, -0.05) is 44.2 Å². The summed E-state index contributed by atoms with van der Waals surface area (Å²) in [5.41, 5.74) is 8.32. The second-order valence-electron chi connectivity index (χ2n) is 7.23. The number of benzene rings is 1. The molecule has 3 rings (SSSR count). The second-order valence-corrected chi connectivity index (χ2v) is 7.23. The Morgan fingerprint density at radius 2 is 1.79 bits per heavy atom. The van der Waals surface area contributed by atoms with Gasteiger partial charge >= 0.3 is 0 Å². The van der Waals surface area contributed by atoms with Crippen LogP contribution in [-0.2, 0) is 0 Å². The molecule has 3 nitrogen and oxygen atoms in total. The van der Waals surface area contributed by atoms with Crippen LogP contribution < -0.4 is 0 Å². The zero-order valence-electron chi connectivity index (χ0n) is 15.0. The first-order valence-corrected chi connectivity index (χ1v) is 8.34. The number of hydrogen-bond acceptors (Lipinski definition) is 2. The third kappa shape index (κ3) is 2.64. The van der Waals surface area contributed by atoms with Gasteiger partial charge in [0.05, 0.1) is 17.1 Å². The summed E-state index contributed by atoms with van der Waals surface area (Å²) in [5, 5.41) is 0. The minimum atomic E-state index is 0.0679. The highest BCUT2D eigenvalue weighted by Gasteiger charge is 2.32. The quantitative estimate of drug-likeness (QED) is 0.786. The number of carbonyl (C=O) groups is 1. The molecule has 2 aromatic rings. The number of aliphatic imine (C=N–C) groups is 1. The van der Waals surface area contributed by atoms with Crippen LogP contribution in [0.4, 0.5) is 0 Å². The molecule has 1 aromatic carbocycles. The molecule has 1 N–H and O–H groups in total. The van der Waals surface area contributed by atoms with Gasteiger partial charge in [0.1, 0.15) is 0 Å². The summed E-state index contributed by atoms with van der Waals surface area (Å²) in [7, 11) is 0. The third-order valence-electron chi connectivity index (χ3n) is 5.21. The van der Waals surface area contributed by atoms with Crippen molar-refractivity contribution >= 4 is 17.6 Å². The maximum atomic E-state index is 11.4. The largest absolute Gasteiger partial charge is 0.352 e. The molecule has 0 unspecified atom stereocenters. The number of aldehydes is 1. The van der Waals surface area contributed by atoms with E-state index in [1.54, 1.807) is 0 Å². The van der Waals surface area contributed by atoms with Crippen LogP contribution in [0.3, 0.4) is 0 Å². The lowest BCUT2D eigenvalue weighted by atomic mass is 9.84. The van der Waals surface area contributed by atoms with E-state index in [2.05, 4.69) is 44.8 Å². The molecular weight excluding hydrogens is 296 g/mol. The van der Waals surface area contributed by atoms with Crippen molar-refractivity contribution in [3.05, 3.63) is 64.1 Å². The Morgan fingerprint density at radius 1 is 1.12 bits per heavy atom. The molecular formula is C21H24N2O. The number of aromatic amines is 1. The number of hydrogen-bond donors (Lipinski definition) is 1. The molecule has 2 heterocycles. The monoisotopic (exact) mass is 320 g/mol. The van der Waals surface area contributed by atoms with Crippen molar-refractivity contribution in [1.29, 1.82) is 0 Å². The molecule has 0 amide bonds. The molecule has 0 saturated carbocycles. The zero-order valence-corrected chi connectivity index (χ0v) is 15.0. The van der Waals surface area contributed by atoms with Crippen molar-refractivity contribution in [1.82, 2.24) is 4.98 Å². The fourth-order valence-corrected chi connectivity index (χ4v) is 3.22. The van der Waals surface area contributed by atoms with Gasteiger partial charge in [-0.15, -0.1) is 0 Å². The Kier molecular flexibility index (Phi) is 4.04. The Balaban J connectivity index is 2.29. The van der Waals surface area contributed by atoms with Gasteiger partial charge in [0.2, 0.25) is 0 Å². The highest BCUT2D eigenvalue weighted by Crippen LogP contribution is 2.41. The first-order valence-electron chi connectivity index (χ1n) is 8.34. The molecule has 3 heteroatoms. The van der Waals surface area contributed by atoms with Crippen molar-refractivity contribution in [3.8, 4) is 0 Å². The molecule has 0 aliphatic carbocycles. The van der Waals surface area contributed by atoms with Gasteiger partial charge < -0.3 is 4.98 Å². The molecule has 0 bridgehead atoms. The standard InChI is InChI=1S/C21H24N2O/c1-13-14(2)20(23-18(13)12-24)19(16-9-7-6-8-10-16)17-11-21(4,5)15(3)22-17/h6-10,12,23H,11H2,1-5H3/b19-17+. The first kappa shape index (κ1) is 16.4. The predicted octanol–water partition coefficient (Wildman–Crippen LogP) is 5.09. The number of aromatic nitrogens is 1. The topological polar surface area (TPSA) is 45.2 Å². The van der Waals surface area contributed by atoms with E-state index < -0.39 is 0 Å². The molecule has 0 fully saturated rings. The van der Waals surface area contributed by atoms with E-state index in [4.69, 9.17) is 4.99 Å². The number of nitrogens with one attached hydrogen (secondary N) is 1. The first-order chi connectivity index (χ1) is 11.3. The third-order valence-corrected chi connectivity index (χ3v) is 5.21. The summed E-state index contributed by atoms with van der Waals surface area (Å²) in [6.07, 6.45) is 1.79. The van der Waals surface area contributed by atoms with Gasteiger partial charge in [0.25, 0.3) is 0 Å². The predicted molar refractivity (Wildman–Crippen MR) is 99.6 cm³/mol. The summed E-state index contributed by atoms with van der Waals surface area (Å²) in [4.78, 5) is 19.6. The molecule has 124 valence electrons. The molecule has 0 atom stereocenters. The Bertz CT molecular complexity index is 851. The summed E-state index contributed by atoms with van der Waals surface area (Å²) in [6, 6.07) is 10.3. The number of carbonyl (C=O) groups excluding carboxylic acids is 1. The van der Waals surface area contributed by atoms with E-state index in [0.29, 0.717) is 5.69 Å². The van der Waals surface area contributed by atoms with E-state index >= 15 is 0 Å². The fraction of sp³-hybridized carbons (Fsp3) is 0.333. The average molecular weight is 320 g/mol. The summed E-state index contributed by atoms with van der Waals surface area (Å²) < 4.78 is 0. The lowest BCUT2D eigenvalue weighted by molar-refractivity contribution is 0.111. The minimum Gasteiger partial charge on any atom is -0.352 e. The summed E-state index contributed by atoms with van der Waals surface area (Å²) >= 11 is 0. The smallest absolute Gasteiger partial charge is 0.166 e. The average Bonchev–Trinajstić information content (AvgIpc) is 2.98. The van der Waals surface area contributed by atoms with Crippen LogP contribution in [-0.4, -0.2) is 17.0 Å². The van der Waals surface area contributed by atoms with Crippen molar-refractivity contribution < 1.29 is 4.79 Å². The highest BCUT2D eigenvalue weighted by molar-refractivity contribution is 5.95. The van der Waals surface area contributed by atoms with Crippen molar-refractivity contribution in [2.45, 2.75) is 41.0 Å². The van der Waals surface area contributed by atoms with Crippen LogP contribution in [0.25, 0.3) is 5.57 Å². The second kappa shape index (κ2) is 5.90. The van der Waals surface area contributed by atoms with Crippen LogP contribution in [0, 0.1) is 19.3 Å². The SMILES string of the molecule is CC1=N/C(=C(\c2ccccc2)c2[nH]c(C=O)c(C)c2C)CC1(C)C. The number of H-pyrrole nitrogens is 1. The molecule has 1 aromatic heterocycles. The van der Waals surface area contributed by atoms with Crippen LogP contribution in [0.2, 0.25) is 0 Å². The van der Waals surface area contributed by atoms with Gasteiger partial charge in [-0.2, -0.15) is 0 Å². The van der Waals surface area contributed by atoms with Gasteiger partial charge in [-0.05, 0) is 37.5 Å². The summed E-state index contributed by atoms with van der Waals surface area (Å²) in [5.74, 6) is 0. The van der Waals surface area contributed by atoms with E-state index in [1.807, 2.05) is 25.1 Å². The minimum absolute atomic E-state index is 0.0679. The normalized spacial score (nSPS) is 18.5. The van der Waals surface area contributed by atoms with Crippen LogP contribution in [0.15, 0.2) is 41.0 Å². The Labute approximate surface area is 143 Å². The van der Waals surface area contributed by atoms with Gasteiger partial charge in [-0.3, -0.25) is 9.79 Å². The Morgan fingerprint density at radius 3 is 2.29 bits per heavy atom. The van der Waals surface area contributed by atoms with Crippen LogP contribution in [0.1, 0.15) is 60.1 Å². The van der Waals surface area contributed by atoms with Gasteiger partial charge in [-0.25, -0.2) is 0 Å². The fourth-order valence-electron chi connectivity index (χ4n) is 3.22. The van der Waals surface area contributed by atoms with E-state index in [9.17, 15) is 4.79 Å². The van der Waals surface area contributed by atoms with Crippen molar-refractivity contribution in [2.75, 3.05) is 0 Å². The summed E-state index contributed by atoms with van der Waals surface area (Å²) in [6.45, 7) is 10.6. The molecule has 24 heavy (non-hydrogen) atoms. The van der Waals surface area contributed by atoms with E-state index in [1.165, 1.54) is 0 Å². The molecule has 1 aliphatic rings.